The Morgan fingerprint density at radius 2 is 2.09 bits per heavy atom. The van der Waals surface area contributed by atoms with E-state index in [1.807, 2.05) is 13.8 Å². The SMILES string of the molecule is COCCNS(=O)(=O)c1cccc(CN=C(N)NC(C)C)c1.I. The standard InChI is InChI=1S/C14H24N4O3S.HI/c1-11(2)18-14(15)16-10-12-5-4-6-13(9-12)22(19,20)17-7-8-21-3;/h4-6,9,11,17H,7-8,10H2,1-3H3,(H3,15,16,18);1H. The Morgan fingerprint density at radius 1 is 1.39 bits per heavy atom. The van der Waals surface area contributed by atoms with Gasteiger partial charge in [0.25, 0.3) is 0 Å². The molecule has 0 radical (unpaired) electrons. The van der Waals surface area contributed by atoms with Gasteiger partial charge in [-0.25, -0.2) is 18.1 Å². The van der Waals surface area contributed by atoms with Crippen molar-refractivity contribution in [2.24, 2.45) is 10.7 Å². The third-order valence-corrected chi connectivity index (χ3v) is 4.13. The summed E-state index contributed by atoms with van der Waals surface area (Å²) in [7, 11) is -2.02. The van der Waals surface area contributed by atoms with Crippen LogP contribution in [0.15, 0.2) is 34.2 Å². The van der Waals surface area contributed by atoms with Gasteiger partial charge in [-0.2, -0.15) is 0 Å². The zero-order valence-corrected chi connectivity index (χ0v) is 16.7. The van der Waals surface area contributed by atoms with Crippen molar-refractivity contribution in [2.45, 2.75) is 31.3 Å². The molecule has 9 heteroatoms. The van der Waals surface area contributed by atoms with Crippen LogP contribution < -0.4 is 15.8 Å². The number of rotatable bonds is 8. The lowest BCUT2D eigenvalue weighted by molar-refractivity contribution is 0.204. The Kier molecular flexibility index (Phi) is 10.4. The maximum atomic E-state index is 12.1. The molecule has 23 heavy (non-hydrogen) atoms. The molecule has 4 N–H and O–H groups in total. The van der Waals surface area contributed by atoms with Gasteiger partial charge in [0.15, 0.2) is 5.96 Å². The van der Waals surface area contributed by atoms with Gasteiger partial charge in [0.2, 0.25) is 10.0 Å². The summed E-state index contributed by atoms with van der Waals surface area (Å²) in [5, 5.41) is 2.98. The molecule has 7 nitrogen and oxygen atoms in total. The lowest BCUT2D eigenvalue weighted by Gasteiger charge is -2.09. The van der Waals surface area contributed by atoms with Crippen LogP contribution in [0, 0.1) is 0 Å². The van der Waals surface area contributed by atoms with Gasteiger partial charge in [-0.1, -0.05) is 12.1 Å². The number of nitrogens with two attached hydrogens (primary N) is 1. The molecule has 0 aliphatic carbocycles. The number of nitrogens with zero attached hydrogens (tertiary/aromatic N) is 1. The second kappa shape index (κ2) is 10.8. The van der Waals surface area contributed by atoms with E-state index in [1.54, 1.807) is 18.2 Å². The van der Waals surface area contributed by atoms with E-state index in [4.69, 9.17) is 10.5 Å². The molecule has 1 aromatic rings. The van der Waals surface area contributed by atoms with Gasteiger partial charge in [-0.05, 0) is 31.5 Å². The monoisotopic (exact) mass is 456 g/mol. The van der Waals surface area contributed by atoms with Crippen LogP contribution >= 0.6 is 24.0 Å². The molecule has 0 atom stereocenters. The molecule has 0 saturated heterocycles. The van der Waals surface area contributed by atoms with Crippen molar-refractivity contribution in [3.63, 3.8) is 0 Å². The summed E-state index contributed by atoms with van der Waals surface area (Å²) >= 11 is 0. The predicted octanol–water partition coefficient (Wildman–Crippen LogP) is 1.04. The molecule has 0 bridgehead atoms. The highest BCUT2D eigenvalue weighted by molar-refractivity contribution is 14.0. The van der Waals surface area contributed by atoms with Gasteiger partial charge in [-0.15, -0.1) is 24.0 Å². The van der Waals surface area contributed by atoms with Crippen LogP contribution in [0.5, 0.6) is 0 Å². The molecule has 0 spiro atoms. The summed E-state index contributed by atoms with van der Waals surface area (Å²) in [6.07, 6.45) is 0. The van der Waals surface area contributed by atoms with Gasteiger partial charge in [0, 0.05) is 19.7 Å². The quantitative estimate of drug-likeness (QED) is 0.235. The highest BCUT2D eigenvalue weighted by atomic mass is 127. The van der Waals surface area contributed by atoms with Crippen molar-refractivity contribution in [1.82, 2.24) is 10.0 Å². The first-order valence-electron chi connectivity index (χ1n) is 6.99. The summed E-state index contributed by atoms with van der Waals surface area (Å²) in [4.78, 5) is 4.38. The van der Waals surface area contributed by atoms with Crippen LogP contribution in [0.3, 0.4) is 0 Å². The van der Waals surface area contributed by atoms with E-state index in [9.17, 15) is 8.42 Å². The smallest absolute Gasteiger partial charge is 0.240 e. The maximum Gasteiger partial charge on any atom is 0.240 e. The third kappa shape index (κ3) is 8.49. The van der Waals surface area contributed by atoms with E-state index >= 15 is 0 Å². The molecule has 1 aromatic carbocycles. The minimum absolute atomic E-state index is 0. The fourth-order valence-electron chi connectivity index (χ4n) is 1.69. The van der Waals surface area contributed by atoms with Crippen molar-refractivity contribution >= 4 is 40.0 Å². The minimum atomic E-state index is -3.54. The first kappa shape index (κ1) is 22.1. The third-order valence-electron chi connectivity index (χ3n) is 2.68. The van der Waals surface area contributed by atoms with E-state index in [0.717, 1.165) is 5.56 Å². The van der Waals surface area contributed by atoms with Crippen molar-refractivity contribution in [3.8, 4) is 0 Å². The highest BCUT2D eigenvalue weighted by Gasteiger charge is 2.13. The van der Waals surface area contributed by atoms with Gasteiger partial charge in [0.1, 0.15) is 0 Å². The number of guanidine groups is 1. The molecule has 0 heterocycles. The topological polar surface area (TPSA) is 106 Å². The lowest BCUT2D eigenvalue weighted by atomic mass is 10.2. The second-order valence-electron chi connectivity index (χ2n) is 5.04. The fraction of sp³-hybridized carbons (Fsp3) is 0.500. The van der Waals surface area contributed by atoms with E-state index in [1.165, 1.54) is 13.2 Å². The summed E-state index contributed by atoms with van der Waals surface area (Å²) in [6, 6.07) is 6.81. The zero-order chi connectivity index (χ0) is 16.6. The lowest BCUT2D eigenvalue weighted by Crippen LogP contribution is -2.36. The van der Waals surface area contributed by atoms with Crippen LogP contribution in [0.25, 0.3) is 0 Å². The fourth-order valence-corrected chi connectivity index (χ4v) is 2.77. The van der Waals surface area contributed by atoms with E-state index in [0.29, 0.717) is 19.1 Å². The first-order chi connectivity index (χ1) is 10.3. The summed E-state index contributed by atoms with van der Waals surface area (Å²) in [5.74, 6) is 0.335. The van der Waals surface area contributed by atoms with E-state index in [2.05, 4.69) is 15.0 Å². The Hall–Kier alpha value is -0.910. The average Bonchev–Trinajstić information content (AvgIpc) is 2.45. The highest BCUT2D eigenvalue weighted by Crippen LogP contribution is 2.12. The molecule has 0 amide bonds. The predicted molar refractivity (Wildman–Crippen MR) is 103 cm³/mol. The number of aliphatic imine (C=N–C) groups is 1. The van der Waals surface area contributed by atoms with Crippen LogP contribution in [-0.4, -0.2) is 40.7 Å². The average molecular weight is 456 g/mol. The second-order valence-corrected chi connectivity index (χ2v) is 6.81. The molecule has 132 valence electrons. The van der Waals surface area contributed by atoms with Crippen LogP contribution in [0.4, 0.5) is 0 Å². The van der Waals surface area contributed by atoms with Crippen LogP contribution in [0.2, 0.25) is 0 Å². The number of hydrogen-bond acceptors (Lipinski definition) is 4. The first-order valence-corrected chi connectivity index (χ1v) is 8.47. The molecule has 0 saturated carbocycles. The van der Waals surface area contributed by atoms with Crippen LogP contribution in [0.1, 0.15) is 19.4 Å². The summed E-state index contributed by atoms with van der Waals surface area (Å²) in [6.45, 7) is 4.78. The molecule has 1 rings (SSSR count). The number of hydrogen-bond donors (Lipinski definition) is 3. The van der Waals surface area contributed by atoms with Crippen molar-refractivity contribution in [2.75, 3.05) is 20.3 Å². The molecular formula is C14H25IN4O3S. The molecule has 0 fully saturated rings. The zero-order valence-electron chi connectivity index (χ0n) is 13.6. The van der Waals surface area contributed by atoms with Gasteiger partial charge in [0.05, 0.1) is 18.0 Å². The molecule has 0 aliphatic rings. The molecule has 0 aliphatic heterocycles. The van der Waals surface area contributed by atoms with Crippen molar-refractivity contribution in [1.29, 1.82) is 0 Å². The largest absolute Gasteiger partial charge is 0.383 e. The van der Waals surface area contributed by atoms with E-state index < -0.39 is 10.0 Å². The van der Waals surface area contributed by atoms with Crippen molar-refractivity contribution in [3.05, 3.63) is 29.8 Å². The number of methoxy groups -OCH3 is 1. The van der Waals surface area contributed by atoms with Gasteiger partial charge in [-0.3, -0.25) is 0 Å². The minimum Gasteiger partial charge on any atom is -0.383 e. The molecule has 0 aromatic heterocycles. The van der Waals surface area contributed by atoms with Gasteiger partial charge < -0.3 is 15.8 Å². The molecule has 0 unspecified atom stereocenters. The summed E-state index contributed by atoms with van der Waals surface area (Å²) < 4.78 is 31.5. The number of sulfonamides is 1. The Morgan fingerprint density at radius 3 is 2.70 bits per heavy atom. The Labute approximate surface area is 155 Å². The summed E-state index contributed by atoms with van der Waals surface area (Å²) in [5.41, 5.74) is 6.49. The Bertz CT molecular complexity index is 606. The molecular weight excluding hydrogens is 431 g/mol. The normalized spacial score (nSPS) is 12.1. The number of ether oxygens (including phenoxy) is 1. The maximum absolute atomic E-state index is 12.1. The van der Waals surface area contributed by atoms with E-state index in [-0.39, 0.29) is 41.5 Å². The van der Waals surface area contributed by atoms with Crippen LogP contribution in [-0.2, 0) is 21.3 Å². The number of benzene rings is 1. The number of halogens is 1. The van der Waals surface area contributed by atoms with Gasteiger partial charge >= 0.3 is 0 Å². The Balaban J connectivity index is 0.00000484. The number of nitrogens with one attached hydrogen (secondary N) is 2. The van der Waals surface area contributed by atoms with Crippen molar-refractivity contribution < 1.29 is 13.2 Å².